The molecule has 1 unspecified atom stereocenters. The third-order valence-corrected chi connectivity index (χ3v) is 3.07. The van der Waals surface area contributed by atoms with Gasteiger partial charge in [-0.15, -0.1) is 0 Å². The van der Waals surface area contributed by atoms with Crippen molar-refractivity contribution in [3.8, 4) is 0 Å². The summed E-state index contributed by atoms with van der Waals surface area (Å²) in [4.78, 5) is 3.75. The van der Waals surface area contributed by atoms with Crippen molar-refractivity contribution in [3.63, 3.8) is 0 Å². The van der Waals surface area contributed by atoms with Crippen molar-refractivity contribution < 1.29 is 4.39 Å². The molecule has 82 valence electrons. The first-order valence-corrected chi connectivity index (χ1v) is 5.41. The molecule has 2 heterocycles. The molecule has 1 aliphatic rings. The lowest BCUT2D eigenvalue weighted by Gasteiger charge is -2.22. The quantitative estimate of drug-likeness (QED) is 0.753. The van der Waals surface area contributed by atoms with E-state index in [1.165, 1.54) is 0 Å². The zero-order valence-electron chi connectivity index (χ0n) is 9.31. The van der Waals surface area contributed by atoms with Crippen LogP contribution >= 0.6 is 0 Å². The fraction of sp³-hybridized carbons (Fsp3) is 0.583. The normalized spacial score (nSPS) is 25.8. The van der Waals surface area contributed by atoms with Crippen molar-refractivity contribution in [2.24, 2.45) is 5.41 Å². The van der Waals surface area contributed by atoms with E-state index >= 15 is 0 Å². The van der Waals surface area contributed by atoms with Crippen LogP contribution < -0.4 is 5.32 Å². The Bertz CT molecular complexity index is 336. The van der Waals surface area contributed by atoms with Gasteiger partial charge in [0.05, 0.1) is 0 Å². The summed E-state index contributed by atoms with van der Waals surface area (Å²) in [7, 11) is 0. The summed E-state index contributed by atoms with van der Waals surface area (Å²) in [5.41, 5.74) is 2.10. The number of nitrogens with one attached hydrogen (secondary N) is 1. The maximum atomic E-state index is 13.1. The van der Waals surface area contributed by atoms with E-state index in [-0.39, 0.29) is 11.4 Å². The highest BCUT2D eigenvalue weighted by molar-refractivity contribution is 5.18. The molecule has 0 amide bonds. The van der Waals surface area contributed by atoms with E-state index in [1.54, 1.807) is 6.07 Å². The van der Waals surface area contributed by atoms with Gasteiger partial charge < -0.3 is 5.32 Å². The molecule has 1 saturated heterocycles. The fourth-order valence-corrected chi connectivity index (χ4v) is 2.31. The number of hydrogen-bond acceptors (Lipinski definition) is 2. The lowest BCUT2D eigenvalue weighted by Crippen LogP contribution is -2.22. The molecule has 15 heavy (non-hydrogen) atoms. The Hall–Kier alpha value is -0.960. The summed E-state index contributed by atoms with van der Waals surface area (Å²) in [6.07, 6.45) is 2.09. The van der Waals surface area contributed by atoms with Crippen LogP contribution in [0.3, 0.4) is 0 Å². The Morgan fingerprint density at radius 2 is 2.33 bits per heavy atom. The SMILES string of the molecule is Cc1cc(CC2(C)CCNC2)cc(F)n1. The number of aromatic nitrogens is 1. The van der Waals surface area contributed by atoms with Gasteiger partial charge in [0, 0.05) is 12.2 Å². The first kappa shape index (κ1) is 10.6. The van der Waals surface area contributed by atoms with Gasteiger partial charge in [-0.1, -0.05) is 6.92 Å². The molecule has 1 fully saturated rings. The van der Waals surface area contributed by atoms with E-state index in [1.807, 2.05) is 13.0 Å². The second-order valence-electron chi connectivity index (χ2n) is 4.85. The standard InChI is InChI=1S/C12H17FN2/c1-9-5-10(6-11(13)15-9)7-12(2)3-4-14-8-12/h5-6,14H,3-4,7-8H2,1-2H3. The third-order valence-electron chi connectivity index (χ3n) is 3.07. The molecule has 2 rings (SSSR count). The van der Waals surface area contributed by atoms with Gasteiger partial charge in [0.2, 0.25) is 5.95 Å². The number of aryl methyl sites for hydroxylation is 1. The predicted octanol–water partition coefficient (Wildman–Crippen LogP) is 2.07. The molecule has 0 aliphatic carbocycles. The van der Waals surface area contributed by atoms with Gasteiger partial charge in [0.15, 0.2) is 0 Å². The molecule has 0 aromatic carbocycles. The summed E-state index contributed by atoms with van der Waals surface area (Å²) in [5, 5.41) is 3.35. The van der Waals surface area contributed by atoms with E-state index in [9.17, 15) is 4.39 Å². The average molecular weight is 208 g/mol. The largest absolute Gasteiger partial charge is 0.316 e. The zero-order chi connectivity index (χ0) is 10.9. The average Bonchev–Trinajstić information content (AvgIpc) is 2.49. The van der Waals surface area contributed by atoms with Crippen LogP contribution in [-0.2, 0) is 6.42 Å². The van der Waals surface area contributed by atoms with Crippen LogP contribution in [0.4, 0.5) is 4.39 Å². The lowest BCUT2D eigenvalue weighted by molar-refractivity contribution is 0.361. The zero-order valence-corrected chi connectivity index (χ0v) is 9.31. The van der Waals surface area contributed by atoms with E-state index in [4.69, 9.17) is 0 Å². The van der Waals surface area contributed by atoms with E-state index in [0.29, 0.717) is 0 Å². The molecular weight excluding hydrogens is 191 g/mol. The van der Waals surface area contributed by atoms with Crippen molar-refractivity contribution >= 4 is 0 Å². The molecule has 1 aromatic heterocycles. The minimum atomic E-state index is -0.362. The smallest absolute Gasteiger partial charge is 0.213 e. The highest BCUT2D eigenvalue weighted by atomic mass is 19.1. The minimum absolute atomic E-state index is 0.278. The number of nitrogens with zero attached hydrogens (tertiary/aromatic N) is 1. The summed E-state index contributed by atoms with van der Waals surface area (Å²) in [5.74, 6) is -0.362. The lowest BCUT2D eigenvalue weighted by atomic mass is 9.83. The van der Waals surface area contributed by atoms with Gasteiger partial charge >= 0.3 is 0 Å². The van der Waals surface area contributed by atoms with Crippen LogP contribution in [-0.4, -0.2) is 18.1 Å². The van der Waals surface area contributed by atoms with Crippen molar-refractivity contribution in [2.75, 3.05) is 13.1 Å². The Morgan fingerprint density at radius 1 is 1.53 bits per heavy atom. The first-order valence-electron chi connectivity index (χ1n) is 5.41. The van der Waals surface area contributed by atoms with Gasteiger partial charge in [-0.2, -0.15) is 4.39 Å². The molecule has 0 saturated carbocycles. The Balaban J connectivity index is 2.16. The summed E-state index contributed by atoms with van der Waals surface area (Å²) >= 11 is 0. The summed E-state index contributed by atoms with van der Waals surface area (Å²) in [6.45, 7) is 6.18. The maximum absolute atomic E-state index is 13.1. The van der Waals surface area contributed by atoms with Gasteiger partial charge in [-0.25, -0.2) is 4.98 Å². The molecule has 1 aromatic rings. The first-order chi connectivity index (χ1) is 7.07. The third kappa shape index (κ3) is 2.53. The summed E-state index contributed by atoms with van der Waals surface area (Å²) in [6, 6.07) is 3.53. The van der Waals surface area contributed by atoms with Crippen LogP contribution in [0.25, 0.3) is 0 Å². The van der Waals surface area contributed by atoms with Crippen LogP contribution in [0.15, 0.2) is 12.1 Å². The van der Waals surface area contributed by atoms with Gasteiger partial charge in [0.1, 0.15) is 0 Å². The highest BCUT2D eigenvalue weighted by Gasteiger charge is 2.28. The van der Waals surface area contributed by atoms with Crippen molar-refractivity contribution in [1.29, 1.82) is 0 Å². The molecule has 2 nitrogen and oxygen atoms in total. The Morgan fingerprint density at radius 3 is 2.93 bits per heavy atom. The molecule has 1 N–H and O–H groups in total. The maximum Gasteiger partial charge on any atom is 0.213 e. The molecule has 1 atom stereocenters. The molecule has 3 heteroatoms. The minimum Gasteiger partial charge on any atom is -0.316 e. The van der Waals surface area contributed by atoms with E-state index in [2.05, 4.69) is 17.2 Å². The van der Waals surface area contributed by atoms with Crippen molar-refractivity contribution in [3.05, 3.63) is 29.3 Å². The predicted molar refractivity (Wildman–Crippen MR) is 58.2 cm³/mol. The number of pyridine rings is 1. The monoisotopic (exact) mass is 208 g/mol. The van der Waals surface area contributed by atoms with Crippen LogP contribution in [0, 0.1) is 18.3 Å². The molecule has 0 bridgehead atoms. The number of halogens is 1. The summed E-state index contributed by atoms with van der Waals surface area (Å²) < 4.78 is 13.1. The fourth-order valence-electron chi connectivity index (χ4n) is 2.31. The molecule has 0 radical (unpaired) electrons. The van der Waals surface area contributed by atoms with Gasteiger partial charge in [-0.05, 0) is 49.4 Å². The molecule has 1 aliphatic heterocycles. The Labute approximate surface area is 89.9 Å². The van der Waals surface area contributed by atoms with Crippen molar-refractivity contribution in [1.82, 2.24) is 10.3 Å². The van der Waals surface area contributed by atoms with Gasteiger partial charge in [-0.3, -0.25) is 0 Å². The van der Waals surface area contributed by atoms with E-state index in [0.717, 1.165) is 37.2 Å². The van der Waals surface area contributed by atoms with Crippen molar-refractivity contribution in [2.45, 2.75) is 26.7 Å². The van der Waals surface area contributed by atoms with Gasteiger partial charge in [0.25, 0.3) is 0 Å². The van der Waals surface area contributed by atoms with Crippen LogP contribution in [0.1, 0.15) is 24.6 Å². The molecule has 0 spiro atoms. The second kappa shape index (κ2) is 3.89. The highest BCUT2D eigenvalue weighted by Crippen LogP contribution is 2.29. The van der Waals surface area contributed by atoms with Crippen LogP contribution in [0.2, 0.25) is 0 Å². The number of hydrogen-bond donors (Lipinski definition) is 1. The van der Waals surface area contributed by atoms with Crippen LogP contribution in [0.5, 0.6) is 0 Å². The number of rotatable bonds is 2. The van der Waals surface area contributed by atoms with E-state index < -0.39 is 0 Å². The Kier molecular flexibility index (Phi) is 2.74. The molecular formula is C12H17FN2. The topological polar surface area (TPSA) is 24.9 Å². The second-order valence-corrected chi connectivity index (χ2v) is 4.85.